The summed E-state index contributed by atoms with van der Waals surface area (Å²) in [5.74, 6) is 1.99. The molecule has 0 amide bonds. The molecule has 0 bridgehead atoms. The van der Waals surface area contributed by atoms with Crippen LogP contribution in [0.4, 0.5) is 5.69 Å². The Labute approximate surface area is 233 Å². The van der Waals surface area contributed by atoms with Crippen LogP contribution in [0.25, 0.3) is 24.0 Å². The maximum atomic E-state index is 4.76. The number of nitrogens with zero attached hydrogens (tertiary/aromatic N) is 3. The molecular formula is C33H44N6. The molecule has 39 heavy (non-hydrogen) atoms. The molecule has 0 radical (unpaired) electrons. The Hall–Kier alpha value is -3.93. The van der Waals surface area contributed by atoms with Gasteiger partial charge in [-0.1, -0.05) is 65.7 Å². The normalized spacial score (nSPS) is 20.9. The van der Waals surface area contributed by atoms with Gasteiger partial charge in [-0.05, 0) is 62.3 Å². The van der Waals surface area contributed by atoms with Crippen LogP contribution in [0.5, 0.6) is 0 Å². The number of hydrogen-bond acceptors (Lipinski definition) is 4. The first-order valence-corrected chi connectivity index (χ1v) is 14.0. The van der Waals surface area contributed by atoms with Crippen LogP contribution in [0.3, 0.4) is 0 Å². The zero-order valence-electron chi connectivity index (χ0n) is 24.3. The number of anilines is 1. The van der Waals surface area contributed by atoms with Crippen LogP contribution in [0.2, 0.25) is 0 Å². The molecule has 2 aliphatic rings. The van der Waals surface area contributed by atoms with Crippen LogP contribution in [-0.4, -0.2) is 29.1 Å². The van der Waals surface area contributed by atoms with Gasteiger partial charge in [0.2, 0.25) is 0 Å². The van der Waals surface area contributed by atoms with Gasteiger partial charge in [0.1, 0.15) is 11.7 Å². The summed E-state index contributed by atoms with van der Waals surface area (Å²) in [7, 11) is 1.73. The van der Waals surface area contributed by atoms with Gasteiger partial charge in [0.15, 0.2) is 0 Å². The molecule has 0 spiro atoms. The van der Waals surface area contributed by atoms with Crippen LogP contribution in [0, 0.1) is 11.3 Å². The van der Waals surface area contributed by atoms with E-state index in [1.54, 1.807) is 7.05 Å². The van der Waals surface area contributed by atoms with Crippen molar-refractivity contribution in [3.8, 4) is 11.4 Å². The van der Waals surface area contributed by atoms with Crippen molar-refractivity contribution in [1.82, 2.24) is 15.3 Å². The third kappa shape index (κ3) is 6.39. The maximum Gasteiger partial charge on any atom is 0.138 e. The number of aromatic nitrogens is 2. The minimum atomic E-state index is -0.00831. The molecule has 1 saturated carbocycles. The fourth-order valence-electron chi connectivity index (χ4n) is 5.13. The van der Waals surface area contributed by atoms with Crippen molar-refractivity contribution in [1.29, 1.82) is 0 Å². The quantitative estimate of drug-likeness (QED) is 0.200. The maximum absolute atomic E-state index is 4.76. The molecule has 6 heteroatoms. The number of hydrogen-bond donors (Lipinski definition) is 3. The minimum absolute atomic E-state index is 0.00831. The summed E-state index contributed by atoms with van der Waals surface area (Å²) in [6.45, 7) is 25.4. The average molecular weight is 525 g/mol. The zero-order chi connectivity index (χ0) is 28.6. The molecule has 1 aliphatic carbocycles. The first-order chi connectivity index (χ1) is 18.8. The molecular weight excluding hydrogens is 480 g/mol. The van der Waals surface area contributed by atoms with Gasteiger partial charge >= 0.3 is 0 Å². The van der Waals surface area contributed by atoms with E-state index in [9.17, 15) is 0 Å². The van der Waals surface area contributed by atoms with Crippen molar-refractivity contribution in [3.05, 3.63) is 83.4 Å². The van der Waals surface area contributed by atoms with Crippen molar-refractivity contribution in [2.24, 2.45) is 21.3 Å². The second-order valence-corrected chi connectivity index (χ2v) is 9.74. The Balaban J connectivity index is 0.00000205. The standard InChI is InChI=1S/C31H38N6.C2H6/c1-8-24-19-31(9-2,20(24)3)23(6)36-26-15-13-25(14-16-26)30-35-22(5)28(37-30)18-29(32-7)34-21(4)27-12-10-11-17-33-27;1-2/h12-18,24,36H,3-6,8-11,19H2,1-2,7H3,(H,32,34)(H,35,37);1-2H3/b28-18+;. The number of rotatable bonds is 9. The summed E-state index contributed by atoms with van der Waals surface area (Å²) in [5, 5.41) is 8.20. The van der Waals surface area contributed by atoms with E-state index >= 15 is 0 Å². The van der Waals surface area contributed by atoms with E-state index in [-0.39, 0.29) is 5.41 Å². The molecule has 1 aromatic carbocycles. The molecule has 6 nitrogen and oxygen atoms in total. The van der Waals surface area contributed by atoms with Crippen molar-refractivity contribution < 1.29 is 0 Å². The monoisotopic (exact) mass is 524 g/mol. The van der Waals surface area contributed by atoms with Gasteiger partial charge in [-0.15, -0.1) is 0 Å². The van der Waals surface area contributed by atoms with E-state index in [0.29, 0.717) is 28.1 Å². The lowest BCUT2D eigenvalue weighted by Crippen LogP contribution is -2.42. The van der Waals surface area contributed by atoms with Crippen molar-refractivity contribution in [3.63, 3.8) is 0 Å². The molecule has 2 heterocycles. The summed E-state index contributed by atoms with van der Waals surface area (Å²) >= 11 is 0. The van der Waals surface area contributed by atoms with Crippen LogP contribution in [0.1, 0.15) is 59.8 Å². The molecule has 1 aromatic heterocycles. The highest BCUT2D eigenvalue weighted by Crippen LogP contribution is 2.57. The van der Waals surface area contributed by atoms with Gasteiger partial charge < -0.3 is 15.6 Å². The highest BCUT2D eigenvalue weighted by Gasteiger charge is 2.47. The van der Waals surface area contributed by atoms with Gasteiger partial charge in [0, 0.05) is 41.7 Å². The third-order valence-corrected chi connectivity index (χ3v) is 7.61. The Morgan fingerprint density at radius 2 is 1.87 bits per heavy atom. The first kappa shape index (κ1) is 29.6. The lowest BCUT2D eigenvalue weighted by Gasteiger charge is -2.51. The van der Waals surface area contributed by atoms with Gasteiger partial charge in [-0.25, -0.2) is 4.98 Å². The van der Waals surface area contributed by atoms with E-state index in [1.165, 1.54) is 5.57 Å². The van der Waals surface area contributed by atoms with Gasteiger partial charge in [0.25, 0.3) is 0 Å². The number of nitrogens with one attached hydrogen (secondary N) is 3. The van der Waals surface area contributed by atoms with Crippen molar-refractivity contribution >= 4 is 30.4 Å². The number of aliphatic imine (C=N–C) groups is 2. The van der Waals surface area contributed by atoms with Crippen LogP contribution < -0.4 is 21.3 Å². The van der Waals surface area contributed by atoms with E-state index < -0.39 is 0 Å². The highest BCUT2D eigenvalue weighted by atomic mass is 15.0. The number of allylic oxidation sites excluding steroid dienone is 2. The second kappa shape index (κ2) is 13.2. The Bertz CT molecular complexity index is 1400. The fourth-order valence-corrected chi connectivity index (χ4v) is 5.13. The third-order valence-electron chi connectivity index (χ3n) is 7.61. The number of aromatic amines is 1. The lowest BCUT2D eigenvalue weighted by atomic mass is 9.55. The molecule has 206 valence electrons. The molecule has 4 rings (SSSR count). The smallest absolute Gasteiger partial charge is 0.138 e. The molecule has 0 saturated heterocycles. The molecule has 1 aliphatic heterocycles. The average Bonchev–Trinajstić information content (AvgIpc) is 3.34. The first-order valence-electron chi connectivity index (χ1n) is 14.0. The van der Waals surface area contributed by atoms with Gasteiger partial charge in [0.05, 0.1) is 22.1 Å². The predicted octanol–water partition coefficient (Wildman–Crippen LogP) is 6.48. The van der Waals surface area contributed by atoms with Crippen LogP contribution >= 0.6 is 0 Å². The van der Waals surface area contributed by atoms with Crippen molar-refractivity contribution in [2.75, 3.05) is 12.4 Å². The number of H-pyrrole nitrogens is 1. The Morgan fingerprint density at radius 3 is 2.44 bits per heavy atom. The molecule has 2 atom stereocenters. The number of amidine groups is 1. The highest BCUT2D eigenvalue weighted by molar-refractivity contribution is 6.09. The molecule has 3 N–H and O–H groups in total. The van der Waals surface area contributed by atoms with E-state index in [2.05, 4.69) is 84.0 Å². The molecule has 2 unspecified atom stereocenters. The van der Waals surface area contributed by atoms with E-state index in [0.717, 1.165) is 60.6 Å². The van der Waals surface area contributed by atoms with Crippen LogP contribution in [-0.2, 0) is 0 Å². The molecule has 2 aromatic rings. The summed E-state index contributed by atoms with van der Waals surface area (Å²) < 4.78 is 0. The van der Waals surface area contributed by atoms with Gasteiger partial charge in [-0.3, -0.25) is 9.98 Å². The Morgan fingerprint density at radius 1 is 1.15 bits per heavy atom. The zero-order valence-corrected chi connectivity index (χ0v) is 24.3. The summed E-state index contributed by atoms with van der Waals surface area (Å²) in [5.41, 5.74) is 5.86. The van der Waals surface area contributed by atoms with Crippen molar-refractivity contribution in [2.45, 2.75) is 59.8 Å². The summed E-state index contributed by atoms with van der Waals surface area (Å²) in [6.07, 6.45) is 11.0. The largest absolute Gasteiger partial charge is 0.359 e. The fraction of sp³-hybridized carbons (Fsp3) is 0.364. The SMILES string of the molecule is C=C(NC(/C=c1/nc(-c2ccc(NC(=C)C3(CC)CC(CC)C3=C)cc2)[nH]c1=C)=NC)C1=CCCC=N1.CC. The van der Waals surface area contributed by atoms with E-state index in [1.807, 2.05) is 38.3 Å². The van der Waals surface area contributed by atoms with E-state index in [4.69, 9.17) is 4.98 Å². The topological polar surface area (TPSA) is 77.5 Å². The second-order valence-electron chi connectivity index (χ2n) is 9.74. The summed E-state index contributed by atoms with van der Waals surface area (Å²) in [6, 6.07) is 8.20. The number of benzene rings is 1. The Kier molecular flexibility index (Phi) is 10.0. The minimum Gasteiger partial charge on any atom is -0.359 e. The predicted molar refractivity (Wildman–Crippen MR) is 169 cm³/mol. The summed E-state index contributed by atoms with van der Waals surface area (Å²) in [4.78, 5) is 16.8. The van der Waals surface area contributed by atoms with Gasteiger partial charge in [-0.2, -0.15) is 0 Å². The molecule has 1 fully saturated rings. The lowest BCUT2D eigenvalue weighted by molar-refractivity contribution is 0.199. The van der Waals surface area contributed by atoms with Crippen LogP contribution in [0.15, 0.2) is 82.7 Å². The number of imidazole rings is 1.